The number of carbonyl (C=O) groups is 1. The molecule has 1 rings (SSSR count). The van der Waals surface area contributed by atoms with E-state index in [0.29, 0.717) is 12.1 Å². The molecule has 1 aliphatic rings. The number of carboxylic acid groups (broad SMARTS) is 1. The molecule has 0 bridgehead atoms. The zero-order valence-electron chi connectivity index (χ0n) is 7.95. The average Bonchev–Trinajstić information content (AvgIpc) is 2.03. The smallest absolute Gasteiger partial charge is 0.314 e. The van der Waals surface area contributed by atoms with Crippen LogP contribution in [0.4, 0.5) is 0 Å². The number of hydrogen-bond donors (Lipinski definition) is 2. The van der Waals surface area contributed by atoms with Gasteiger partial charge in [-0.25, -0.2) is 0 Å². The fraction of sp³-hybridized carbons (Fsp3) is 0.500. The molecule has 1 unspecified atom stereocenters. The second kappa shape index (κ2) is 3.24. The number of hydrogen-bond acceptors (Lipinski definition) is 2. The molecule has 0 aliphatic heterocycles. The van der Waals surface area contributed by atoms with Gasteiger partial charge in [0.2, 0.25) is 0 Å². The molecule has 0 saturated heterocycles. The van der Waals surface area contributed by atoms with Crippen molar-refractivity contribution in [3.63, 3.8) is 0 Å². The summed E-state index contributed by atoms with van der Waals surface area (Å²) < 4.78 is 0. The first-order valence-electron chi connectivity index (χ1n) is 4.36. The Labute approximate surface area is 77.9 Å². The Hall–Kier alpha value is -1.25. The van der Waals surface area contributed by atoms with E-state index in [1.165, 1.54) is 0 Å². The summed E-state index contributed by atoms with van der Waals surface area (Å²) in [5.41, 5.74) is 5.46. The first kappa shape index (κ1) is 9.84. The second-order valence-electron chi connectivity index (χ2n) is 3.78. The highest BCUT2D eigenvalue weighted by molar-refractivity contribution is 5.78. The van der Waals surface area contributed by atoms with Crippen LogP contribution in [0.1, 0.15) is 20.3 Å². The van der Waals surface area contributed by atoms with Crippen molar-refractivity contribution in [1.29, 1.82) is 0 Å². The molecular weight excluding hydrogens is 166 g/mol. The molecule has 3 N–H and O–H groups in total. The quantitative estimate of drug-likeness (QED) is 0.678. The lowest BCUT2D eigenvalue weighted by atomic mass is 9.72. The largest absolute Gasteiger partial charge is 0.481 e. The molecular formula is C10H15NO2. The van der Waals surface area contributed by atoms with E-state index < -0.39 is 11.4 Å². The number of aliphatic carboxylic acids is 1. The van der Waals surface area contributed by atoms with Gasteiger partial charge in [-0.3, -0.25) is 4.79 Å². The standard InChI is InChI=1S/C10H15NO2/c1-7(2)10(9(12)13)5-3-4-8(11)6-10/h3-5,7H,6,11H2,1-2H3,(H,12,13). The van der Waals surface area contributed by atoms with Gasteiger partial charge < -0.3 is 10.8 Å². The van der Waals surface area contributed by atoms with Crippen molar-refractivity contribution < 1.29 is 9.90 Å². The molecule has 0 fully saturated rings. The summed E-state index contributed by atoms with van der Waals surface area (Å²) in [6.45, 7) is 3.80. The first-order chi connectivity index (χ1) is 5.99. The van der Waals surface area contributed by atoms with Crippen LogP contribution < -0.4 is 5.73 Å². The van der Waals surface area contributed by atoms with Gasteiger partial charge in [0, 0.05) is 12.1 Å². The van der Waals surface area contributed by atoms with Crippen LogP contribution >= 0.6 is 0 Å². The summed E-state index contributed by atoms with van der Waals surface area (Å²) in [6.07, 6.45) is 5.63. The molecule has 1 atom stereocenters. The van der Waals surface area contributed by atoms with Gasteiger partial charge in [-0.2, -0.15) is 0 Å². The van der Waals surface area contributed by atoms with Crippen LogP contribution in [-0.2, 0) is 4.79 Å². The van der Waals surface area contributed by atoms with E-state index in [-0.39, 0.29) is 5.92 Å². The minimum absolute atomic E-state index is 0.0495. The van der Waals surface area contributed by atoms with E-state index in [0.717, 1.165) is 0 Å². The molecule has 0 aromatic carbocycles. The van der Waals surface area contributed by atoms with Crippen molar-refractivity contribution in [2.45, 2.75) is 20.3 Å². The molecule has 0 aromatic rings. The van der Waals surface area contributed by atoms with Crippen LogP contribution in [0.3, 0.4) is 0 Å². The molecule has 3 nitrogen and oxygen atoms in total. The van der Waals surface area contributed by atoms with Crippen molar-refractivity contribution in [3.05, 3.63) is 23.9 Å². The Kier molecular flexibility index (Phi) is 2.45. The average molecular weight is 181 g/mol. The Morgan fingerprint density at radius 2 is 2.31 bits per heavy atom. The van der Waals surface area contributed by atoms with Gasteiger partial charge in [0.15, 0.2) is 0 Å². The monoisotopic (exact) mass is 181 g/mol. The van der Waals surface area contributed by atoms with Gasteiger partial charge >= 0.3 is 5.97 Å². The second-order valence-corrected chi connectivity index (χ2v) is 3.78. The zero-order chi connectivity index (χ0) is 10.1. The summed E-state index contributed by atoms with van der Waals surface area (Å²) >= 11 is 0. The van der Waals surface area contributed by atoms with Crippen molar-refractivity contribution in [3.8, 4) is 0 Å². The lowest BCUT2D eigenvalue weighted by Crippen LogP contribution is -2.36. The molecule has 13 heavy (non-hydrogen) atoms. The molecule has 0 saturated carbocycles. The van der Waals surface area contributed by atoms with E-state index in [1.807, 2.05) is 13.8 Å². The zero-order valence-corrected chi connectivity index (χ0v) is 7.95. The van der Waals surface area contributed by atoms with Crippen LogP contribution in [0.15, 0.2) is 23.9 Å². The van der Waals surface area contributed by atoms with Gasteiger partial charge in [0.05, 0.1) is 5.41 Å². The highest BCUT2D eigenvalue weighted by atomic mass is 16.4. The predicted octanol–water partition coefficient (Wildman–Crippen LogP) is 1.52. The summed E-state index contributed by atoms with van der Waals surface area (Å²) in [7, 11) is 0. The van der Waals surface area contributed by atoms with E-state index in [9.17, 15) is 4.79 Å². The van der Waals surface area contributed by atoms with E-state index >= 15 is 0 Å². The Morgan fingerprint density at radius 1 is 1.69 bits per heavy atom. The predicted molar refractivity (Wildman–Crippen MR) is 50.9 cm³/mol. The third-order valence-corrected chi connectivity index (χ3v) is 2.63. The maximum absolute atomic E-state index is 11.1. The van der Waals surface area contributed by atoms with Crippen molar-refractivity contribution >= 4 is 5.97 Å². The van der Waals surface area contributed by atoms with E-state index in [1.54, 1.807) is 18.2 Å². The summed E-state index contributed by atoms with van der Waals surface area (Å²) in [4.78, 5) is 11.1. The fourth-order valence-electron chi connectivity index (χ4n) is 1.59. The normalized spacial score (nSPS) is 27.5. The third-order valence-electron chi connectivity index (χ3n) is 2.63. The summed E-state index contributed by atoms with van der Waals surface area (Å²) in [5, 5.41) is 9.14. The van der Waals surface area contributed by atoms with E-state index in [2.05, 4.69) is 0 Å². The van der Waals surface area contributed by atoms with Crippen LogP contribution in [0.25, 0.3) is 0 Å². The molecule has 3 heteroatoms. The number of nitrogens with two attached hydrogens (primary N) is 1. The van der Waals surface area contributed by atoms with Gasteiger partial charge in [-0.1, -0.05) is 26.0 Å². The summed E-state index contributed by atoms with van der Waals surface area (Å²) in [6, 6.07) is 0. The lowest BCUT2D eigenvalue weighted by Gasteiger charge is -2.32. The highest BCUT2D eigenvalue weighted by Gasteiger charge is 2.40. The maximum Gasteiger partial charge on any atom is 0.314 e. The first-order valence-corrected chi connectivity index (χ1v) is 4.36. The number of allylic oxidation sites excluding steroid dienone is 3. The summed E-state index contributed by atoms with van der Waals surface area (Å²) in [5.74, 6) is -0.747. The highest BCUT2D eigenvalue weighted by Crippen LogP contribution is 2.37. The van der Waals surface area contributed by atoms with E-state index in [4.69, 9.17) is 10.8 Å². The van der Waals surface area contributed by atoms with Gasteiger partial charge in [0.25, 0.3) is 0 Å². The van der Waals surface area contributed by atoms with Crippen LogP contribution in [0, 0.1) is 11.3 Å². The fourth-order valence-corrected chi connectivity index (χ4v) is 1.59. The minimum Gasteiger partial charge on any atom is -0.481 e. The lowest BCUT2D eigenvalue weighted by molar-refractivity contribution is -0.148. The van der Waals surface area contributed by atoms with Gasteiger partial charge in [0.1, 0.15) is 0 Å². The number of rotatable bonds is 2. The molecule has 0 heterocycles. The van der Waals surface area contributed by atoms with Crippen molar-refractivity contribution in [2.24, 2.45) is 17.1 Å². The Morgan fingerprint density at radius 3 is 2.62 bits per heavy atom. The van der Waals surface area contributed by atoms with Crippen molar-refractivity contribution in [2.75, 3.05) is 0 Å². The Balaban J connectivity index is 3.02. The minimum atomic E-state index is -0.807. The molecule has 0 radical (unpaired) electrons. The molecule has 0 spiro atoms. The van der Waals surface area contributed by atoms with Gasteiger partial charge in [-0.15, -0.1) is 0 Å². The van der Waals surface area contributed by atoms with Gasteiger partial charge in [-0.05, 0) is 12.0 Å². The Bertz CT molecular complexity index is 279. The van der Waals surface area contributed by atoms with Crippen molar-refractivity contribution in [1.82, 2.24) is 0 Å². The van der Waals surface area contributed by atoms with Crippen LogP contribution in [0.5, 0.6) is 0 Å². The molecule has 72 valence electrons. The third kappa shape index (κ3) is 1.59. The maximum atomic E-state index is 11.1. The number of carboxylic acids is 1. The van der Waals surface area contributed by atoms with Crippen LogP contribution in [0.2, 0.25) is 0 Å². The SMILES string of the molecule is CC(C)C1(C(=O)O)C=CC=C(N)C1. The van der Waals surface area contributed by atoms with Crippen LogP contribution in [-0.4, -0.2) is 11.1 Å². The molecule has 1 aliphatic carbocycles. The molecule has 0 amide bonds. The molecule has 0 aromatic heterocycles. The topological polar surface area (TPSA) is 63.3 Å².